The van der Waals surface area contributed by atoms with Crippen LogP contribution in [-0.4, -0.2) is 86.1 Å². The van der Waals surface area contributed by atoms with Crippen molar-refractivity contribution < 1.29 is 37.6 Å². The van der Waals surface area contributed by atoms with Crippen LogP contribution in [0.25, 0.3) is 0 Å². The van der Waals surface area contributed by atoms with Gasteiger partial charge < -0.3 is 37.6 Å². The van der Waals surface area contributed by atoms with Crippen LogP contribution in [0.3, 0.4) is 0 Å². The molecule has 3 aromatic carbocycles. The van der Waals surface area contributed by atoms with E-state index in [1.54, 1.807) is 28.1 Å². The molecule has 5 aromatic rings. The zero-order valence-electron chi connectivity index (χ0n) is 38.5. The lowest BCUT2D eigenvalue weighted by Gasteiger charge is -2.39. The summed E-state index contributed by atoms with van der Waals surface area (Å²) in [6.07, 6.45) is -0.327. The maximum Gasteiger partial charge on any atom is 0.330 e. The Labute approximate surface area is 378 Å². The molecule has 348 valence electrons. The average Bonchev–Trinajstić information content (AvgIpc) is 3.88. The molecule has 0 bridgehead atoms. The van der Waals surface area contributed by atoms with Crippen LogP contribution in [0, 0.1) is 13.8 Å². The molecule has 2 aliphatic rings. The number of nitrogens with one attached hydrogen (secondary N) is 2. The van der Waals surface area contributed by atoms with Crippen molar-refractivity contribution in [1.29, 1.82) is 0 Å². The van der Waals surface area contributed by atoms with E-state index in [9.17, 15) is 19.2 Å². The van der Waals surface area contributed by atoms with Gasteiger partial charge in [0.25, 0.3) is 11.1 Å². The Kier molecular flexibility index (Phi) is 14.3. The van der Waals surface area contributed by atoms with Gasteiger partial charge in [0, 0.05) is 36.4 Å². The fourth-order valence-corrected chi connectivity index (χ4v) is 9.44. The highest BCUT2D eigenvalue weighted by Crippen LogP contribution is 2.44. The Hall–Kier alpha value is -5.40. The van der Waals surface area contributed by atoms with Gasteiger partial charge in [0.2, 0.25) is 0 Å². The monoisotopic (exact) mass is 912 g/mol. The van der Waals surface area contributed by atoms with Crippen molar-refractivity contribution in [3.8, 4) is 11.5 Å². The number of rotatable bonds is 17. The fraction of sp³-hybridized carbons (Fsp3) is 0.458. The molecule has 6 atom stereocenters. The smallest absolute Gasteiger partial charge is 0.330 e. The summed E-state index contributed by atoms with van der Waals surface area (Å²) in [5.74, 6) is 1.36. The van der Waals surface area contributed by atoms with Crippen molar-refractivity contribution in [1.82, 2.24) is 19.1 Å². The second kappa shape index (κ2) is 19.6. The first-order valence-corrected chi connectivity index (χ1v) is 24.7. The largest absolute Gasteiger partial charge is 0.497 e. The number of nitrogens with zero attached hydrogens (tertiary/aromatic N) is 2. The Morgan fingerprint density at radius 3 is 1.60 bits per heavy atom. The van der Waals surface area contributed by atoms with E-state index in [2.05, 4.69) is 43.8 Å². The van der Waals surface area contributed by atoms with Gasteiger partial charge in [-0.1, -0.05) is 75.4 Å². The minimum atomic E-state index is -2.32. The first-order chi connectivity index (χ1) is 30.9. The first-order valence-electron chi connectivity index (χ1n) is 21.7. The predicted molar refractivity (Wildman–Crippen MR) is 245 cm³/mol. The molecule has 0 amide bonds. The number of hydrogen-bond acceptors (Lipinski definition) is 12. The molecule has 16 nitrogen and oxygen atoms in total. The van der Waals surface area contributed by atoms with E-state index in [-0.39, 0.29) is 31.5 Å². The van der Waals surface area contributed by atoms with E-state index < -0.39 is 73.3 Å². The average molecular weight is 913 g/mol. The minimum Gasteiger partial charge on any atom is -0.497 e. The van der Waals surface area contributed by atoms with E-state index in [0.29, 0.717) is 29.0 Å². The van der Waals surface area contributed by atoms with E-state index in [4.69, 9.17) is 37.6 Å². The molecule has 0 spiro atoms. The maximum absolute atomic E-state index is 13.2. The number of aromatic nitrogens is 4. The van der Waals surface area contributed by atoms with Crippen LogP contribution in [0.5, 0.6) is 11.5 Å². The van der Waals surface area contributed by atoms with Gasteiger partial charge in [-0.3, -0.25) is 28.7 Å². The van der Waals surface area contributed by atoms with Crippen LogP contribution >= 0.6 is 0 Å². The summed E-state index contributed by atoms with van der Waals surface area (Å²) in [6, 6.07) is 25.2. The lowest BCUT2D eigenvalue weighted by molar-refractivity contribution is -0.151. The van der Waals surface area contributed by atoms with Gasteiger partial charge in [-0.25, -0.2) is 9.59 Å². The number of aromatic amines is 2. The highest BCUT2D eigenvalue weighted by Gasteiger charge is 2.46. The van der Waals surface area contributed by atoms with Gasteiger partial charge in [0.05, 0.1) is 39.6 Å². The summed E-state index contributed by atoms with van der Waals surface area (Å²) in [6.45, 7) is 13.9. The summed E-state index contributed by atoms with van der Waals surface area (Å²) < 4.78 is 53.7. The van der Waals surface area contributed by atoms with Gasteiger partial charge >= 0.3 is 11.4 Å². The van der Waals surface area contributed by atoms with Crippen molar-refractivity contribution in [3.05, 3.63) is 161 Å². The number of hydrogen-bond donors (Lipinski definition) is 2. The summed E-state index contributed by atoms with van der Waals surface area (Å²) in [5, 5.41) is -0.105. The molecule has 0 unspecified atom stereocenters. The lowest BCUT2D eigenvalue weighted by atomic mass is 9.80. The molecule has 2 N–H and O–H groups in total. The quantitative estimate of drug-likeness (QED) is 0.0477. The molecule has 4 heterocycles. The van der Waals surface area contributed by atoms with Crippen molar-refractivity contribution in [2.45, 2.75) is 108 Å². The third-order valence-electron chi connectivity index (χ3n) is 12.8. The summed E-state index contributed by atoms with van der Waals surface area (Å²) in [4.78, 5) is 55.5. The topological polar surface area (TPSA) is 184 Å². The van der Waals surface area contributed by atoms with Crippen LogP contribution in [0.2, 0.25) is 18.1 Å². The van der Waals surface area contributed by atoms with Crippen molar-refractivity contribution in [3.63, 3.8) is 0 Å². The highest BCUT2D eigenvalue weighted by molar-refractivity contribution is 6.74. The molecule has 2 aromatic heterocycles. The molecule has 2 aliphatic heterocycles. The van der Waals surface area contributed by atoms with Crippen molar-refractivity contribution in [2.75, 3.05) is 34.2 Å². The van der Waals surface area contributed by atoms with E-state index in [0.717, 1.165) is 16.7 Å². The molecule has 2 fully saturated rings. The third kappa shape index (κ3) is 10.2. The zero-order chi connectivity index (χ0) is 46.7. The molecular formula is C48H60N4O12Si. The van der Waals surface area contributed by atoms with Crippen LogP contribution in [-0.2, 0) is 33.7 Å². The van der Waals surface area contributed by atoms with Crippen molar-refractivity contribution in [2.24, 2.45) is 0 Å². The van der Waals surface area contributed by atoms with Crippen LogP contribution < -0.4 is 32.0 Å². The summed E-state index contributed by atoms with van der Waals surface area (Å²) in [5.41, 5.74) is -0.0761. The van der Waals surface area contributed by atoms with E-state index >= 15 is 0 Å². The minimum absolute atomic E-state index is 0.00557. The Balaban J connectivity index is 1.16. The number of methoxy groups -OCH3 is 2. The number of aryl methyl sites for hydroxylation is 2. The molecule has 0 radical (unpaired) electrons. The zero-order valence-corrected chi connectivity index (χ0v) is 39.5. The van der Waals surface area contributed by atoms with E-state index in [1.807, 2.05) is 78.9 Å². The third-order valence-corrected chi connectivity index (χ3v) is 17.3. The number of ether oxygens (including phenoxy) is 7. The second-order valence-electron chi connectivity index (χ2n) is 18.1. The normalized spacial score (nSPS) is 21.4. The Bertz CT molecular complexity index is 2590. The van der Waals surface area contributed by atoms with Crippen molar-refractivity contribution >= 4 is 8.32 Å². The molecular weight excluding hydrogens is 853 g/mol. The molecule has 7 rings (SSSR count). The first kappa shape index (κ1) is 47.6. The molecule has 2 saturated heterocycles. The van der Waals surface area contributed by atoms with Crippen LogP contribution in [0.1, 0.15) is 73.9 Å². The standard InChI is InChI=1S/C48H60N4O12Si/c1-30-25-51(45(55)49-43(30)53)41-23-37(60-29-59-27-39-38(64-65(8,9)47(3,4)5)24-42(62-39)52-26-31(2)44(54)50-46(52)56)40(63-41)28-61-48(32-13-11-10-12-14-32,33-15-19-35(57-6)20-16-33)34-17-21-36(58-7)22-18-34/h10-22,25-26,37-42H,23-24,27-29H2,1-9H3,(H,49,53,55)(H,50,54,56)/t37-,38-,39+,40+,41+,42+/m0/s1. The second-order valence-corrected chi connectivity index (χ2v) is 22.9. The van der Waals surface area contributed by atoms with Gasteiger partial charge in [-0.2, -0.15) is 0 Å². The molecule has 17 heteroatoms. The lowest BCUT2D eigenvalue weighted by Crippen LogP contribution is -2.46. The summed E-state index contributed by atoms with van der Waals surface area (Å²) >= 11 is 0. The fourth-order valence-electron chi connectivity index (χ4n) is 8.08. The molecule has 65 heavy (non-hydrogen) atoms. The summed E-state index contributed by atoms with van der Waals surface area (Å²) in [7, 11) is 0.910. The number of benzene rings is 3. The number of H-pyrrole nitrogens is 2. The molecule has 0 aliphatic carbocycles. The van der Waals surface area contributed by atoms with Gasteiger partial charge in [-0.05, 0) is 72.9 Å². The van der Waals surface area contributed by atoms with Gasteiger partial charge in [0.15, 0.2) is 8.32 Å². The van der Waals surface area contributed by atoms with Gasteiger partial charge in [0.1, 0.15) is 48.6 Å². The Morgan fingerprint density at radius 1 is 0.662 bits per heavy atom. The van der Waals surface area contributed by atoms with E-state index in [1.165, 1.54) is 21.5 Å². The predicted octanol–water partition coefficient (Wildman–Crippen LogP) is 6.05. The van der Waals surface area contributed by atoms with Gasteiger partial charge in [-0.15, -0.1) is 0 Å². The molecule has 0 saturated carbocycles. The van der Waals surface area contributed by atoms with Crippen LogP contribution in [0.4, 0.5) is 0 Å². The SMILES string of the molecule is COc1ccc(C(OC[C@H]2O[C@@H](n3cc(C)c(=O)[nH]c3=O)C[C@@H]2OCOC[C@H]2O[C@@H](n3cc(C)c(=O)[nH]c3=O)C[C@@H]2O[Si](C)(C)C(C)(C)C)(c2ccccc2)c2ccc(OC)cc2)cc1. The maximum atomic E-state index is 13.2. The highest BCUT2D eigenvalue weighted by atomic mass is 28.4. The Morgan fingerprint density at radius 2 is 1.12 bits per heavy atom. The van der Waals surface area contributed by atoms with Crippen LogP contribution in [0.15, 0.2) is 110 Å².